The number of halogens is 1. The van der Waals surface area contributed by atoms with Crippen molar-refractivity contribution in [1.29, 1.82) is 0 Å². The highest BCUT2D eigenvalue weighted by molar-refractivity contribution is 7.99. The number of aromatic nitrogens is 3. The van der Waals surface area contributed by atoms with Crippen molar-refractivity contribution in [3.63, 3.8) is 0 Å². The summed E-state index contributed by atoms with van der Waals surface area (Å²) >= 11 is 1.77. The molecule has 0 atom stereocenters. The molecular weight excluding hydrogens is 380 g/mol. The van der Waals surface area contributed by atoms with Crippen LogP contribution in [0.3, 0.4) is 0 Å². The van der Waals surface area contributed by atoms with Crippen LogP contribution in [-0.4, -0.2) is 45.1 Å². The molecule has 1 fully saturated rings. The SMILES string of the molecule is Cl.Cn1c(COc2cccc3ccccc23)nnc1SCCN1CCCC1. The molecule has 1 aliphatic rings. The first-order valence-electron chi connectivity index (χ1n) is 9.15. The Morgan fingerprint density at radius 2 is 1.81 bits per heavy atom. The minimum absolute atomic E-state index is 0. The normalized spacial score (nSPS) is 14.4. The van der Waals surface area contributed by atoms with Crippen molar-refractivity contribution in [2.75, 3.05) is 25.4 Å². The van der Waals surface area contributed by atoms with Crippen LogP contribution in [0.2, 0.25) is 0 Å². The van der Waals surface area contributed by atoms with Gasteiger partial charge in [-0.3, -0.25) is 0 Å². The first-order chi connectivity index (χ1) is 12.8. The lowest BCUT2D eigenvalue weighted by Crippen LogP contribution is -2.22. The number of likely N-dealkylation sites (tertiary alicyclic amines) is 1. The monoisotopic (exact) mass is 404 g/mol. The van der Waals surface area contributed by atoms with Gasteiger partial charge in [0.05, 0.1) is 0 Å². The van der Waals surface area contributed by atoms with Crippen LogP contribution in [0.4, 0.5) is 0 Å². The van der Waals surface area contributed by atoms with Crippen LogP contribution in [-0.2, 0) is 13.7 Å². The van der Waals surface area contributed by atoms with Crippen molar-refractivity contribution in [2.45, 2.75) is 24.6 Å². The summed E-state index contributed by atoms with van der Waals surface area (Å²) in [6, 6.07) is 14.4. The molecule has 0 N–H and O–H groups in total. The van der Waals surface area contributed by atoms with Crippen molar-refractivity contribution >= 4 is 34.9 Å². The Morgan fingerprint density at radius 1 is 1.04 bits per heavy atom. The second-order valence-electron chi connectivity index (χ2n) is 6.62. The topological polar surface area (TPSA) is 43.2 Å². The molecule has 0 spiro atoms. The highest BCUT2D eigenvalue weighted by Crippen LogP contribution is 2.26. The van der Waals surface area contributed by atoms with Gasteiger partial charge in [0.25, 0.3) is 0 Å². The Hall–Kier alpha value is -1.76. The maximum Gasteiger partial charge on any atom is 0.191 e. The van der Waals surface area contributed by atoms with E-state index in [0.29, 0.717) is 6.61 Å². The summed E-state index contributed by atoms with van der Waals surface area (Å²) in [5.74, 6) is 2.78. The molecule has 7 heteroatoms. The average Bonchev–Trinajstić information content (AvgIpc) is 3.31. The molecule has 1 aliphatic heterocycles. The predicted molar refractivity (Wildman–Crippen MR) is 113 cm³/mol. The highest BCUT2D eigenvalue weighted by Gasteiger charge is 2.13. The van der Waals surface area contributed by atoms with E-state index in [4.69, 9.17) is 4.74 Å². The van der Waals surface area contributed by atoms with Gasteiger partial charge in [-0.25, -0.2) is 0 Å². The van der Waals surface area contributed by atoms with E-state index in [0.717, 1.165) is 34.4 Å². The summed E-state index contributed by atoms with van der Waals surface area (Å²) in [6.07, 6.45) is 2.68. The molecule has 2 heterocycles. The fourth-order valence-electron chi connectivity index (χ4n) is 3.33. The maximum absolute atomic E-state index is 6.04. The lowest BCUT2D eigenvalue weighted by molar-refractivity contribution is 0.294. The Bertz CT molecular complexity index is 874. The van der Waals surface area contributed by atoms with Crippen molar-refractivity contribution in [2.24, 2.45) is 7.05 Å². The van der Waals surface area contributed by atoms with Crippen molar-refractivity contribution < 1.29 is 4.74 Å². The lowest BCUT2D eigenvalue weighted by Gasteiger charge is -2.13. The van der Waals surface area contributed by atoms with Gasteiger partial charge in [-0.2, -0.15) is 0 Å². The van der Waals surface area contributed by atoms with Crippen LogP contribution < -0.4 is 4.74 Å². The van der Waals surface area contributed by atoms with E-state index in [1.54, 1.807) is 11.8 Å². The number of hydrogen-bond donors (Lipinski definition) is 0. The molecule has 0 bridgehead atoms. The molecule has 2 aromatic carbocycles. The fourth-order valence-corrected chi connectivity index (χ4v) is 4.26. The number of thioether (sulfide) groups is 1. The van der Waals surface area contributed by atoms with Crippen LogP contribution >= 0.6 is 24.2 Å². The fraction of sp³-hybridized carbons (Fsp3) is 0.400. The lowest BCUT2D eigenvalue weighted by atomic mass is 10.1. The average molecular weight is 405 g/mol. The second-order valence-corrected chi connectivity index (χ2v) is 7.68. The van der Waals surface area contributed by atoms with Gasteiger partial charge in [-0.15, -0.1) is 22.6 Å². The Kier molecular flexibility index (Phi) is 6.99. The minimum atomic E-state index is 0. The molecule has 0 radical (unpaired) electrons. The summed E-state index contributed by atoms with van der Waals surface area (Å²) in [4.78, 5) is 2.52. The van der Waals surface area contributed by atoms with Crippen LogP contribution in [0, 0.1) is 0 Å². The predicted octanol–water partition coefficient (Wildman–Crippen LogP) is 4.16. The third-order valence-corrected chi connectivity index (χ3v) is 5.87. The van der Waals surface area contributed by atoms with Gasteiger partial charge >= 0.3 is 0 Å². The van der Waals surface area contributed by atoms with Gasteiger partial charge in [-0.05, 0) is 37.4 Å². The Labute approximate surface area is 170 Å². The summed E-state index contributed by atoms with van der Waals surface area (Å²) in [5.41, 5.74) is 0. The molecule has 144 valence electrons. The number of hydrogen-bond acceptors (Lipinski definition) is 5. The Morgan fingerprint density at radius 3 is 2.67 bits per heavy atom. The number of nitrogens with zero attached hydrogens (tertiary/aromatic N) is 4. The molecule has 27 heavy (non-hydrogen) atoms. The van der Waals surface area contributed by atoms with Crippen LogP contribution in [0.1, 0.15) is 18.7 Å². The molecule has 0 aliphatic carbocycles. The van der Waals surface area contributed by atoms with E-state index in [2.05, 4.69) is 33.3 Å². The van der Waals surface area contributed by atoms with Gasteiger partial charge in [0.15, 0.2) is 11.0 Å². The second kappa shape index (κ2) is 9.44. The smallest absolute Gasteiger partial charge is 0.191 e. The molecule has 5 nitrogen and oxygen atoms in total. The molecule has 0 unspecified atom stereocenters. The third-order valence-electron chi connectivity index (χ3n) is 4.87. The van der Waals surface area contributed by atoms with Crippen LogP contribution in [0.15, 0.2) is 47.6 Å². The van der Waals surface area contributed by atoms with Gasteiger partial charge in [0.1, 0.15) is 12.4 Å². The van der Waals surface area contributed by atoms with Gasteiger partial charge in [-0.1, -0.05) is 48.2 Å². The van der Waals surface area contributed by atoms with E-state index >= 15 is 0 Å². The molecule has 1 aromatic heterocycles. The quantitative estimate of drug-likeness (QED) is 0.553. The van der Waals surface area contributed by atoms with E-state index in [1.165, 1.54) is 31.3 Å². The Balaban J connectivity index is 0.00000210. The van der Waals surface area contributed by atoms with Crippen molar-refractivity contribution in [1.82, 2.24) is 19.7 Å². The number of rotatable bonds is 7. The first-order valence-corrected chi connectivity index (χ1v) is 10.1. The maximum atomic E-state index is 6.04. The highest BCUT2D eigenvalue weighted by atomic mass is 35.5. The summed E-state index contributed by atoms with van der Waals surface area (Å²) in [6.45, 7) is 4.02. The molecule has 4 rings (SSSR count). The van der Waals surface area contributed by atoms with Crippen LogP contribution in [0.25, 0.3) is 10.8 Å². The zero-order valence-electron chi connectivity index (χ0n) is 15.5. The zero-order valence-corrected chi connectivity index (χ0v) is 17.1. The molecule has 0 amide bonds. The van der Waals surface area contributed by atoms with Gasteiger partial charge in [0.2, 0.25) is 0 Å². The van der Waals surface area contributed by atoms with E-state index < -0.39 is 0 Å². The largest absolute Gasteiger partial charge is 0.485 e. The third kappa shape index (κ3) is 4.75. The number of benzene rings is 2. The summed E-state index contributed by atoms with van der Waals surface area (Å²) in [7, 11) is 2.01. The van der Waals surface area contributed by atoms with Crippen molar-refractivity contribution in [3.05, 3.63) is 48.3 Å². The molecule has 1 saturated heterocycles. The summed E-state index contributed by atoms with van der Waals surface area (Å²) in [5, 5.41) is 11.9. The zero-order chi connectivity index (χ0) is 17.8. The standard InChI is InChI=1S/C20H24N4OS.ClH/c1-23-19(21-22-20(23)26-14-13-24-11-4-5-12-24)15-25-18-10-6-8-16-7-2-3-9-17(16)18;/h2-3,6-10H,4-5,11-15H2,1H3;1H. The van der Waals surface area contributed by atoms with Gasteiger partial charge in [0, 0.05) is 24.7 Å². The molecule has 3 aromatic rings. The number of ether oxygens (including phenoxy) is 1. The minimum Gasteiger partial charge on any atom is -0.485 e. The summed E-state index contributed by atoms with van der Waals surface area (Å²) < 4.78 is 8.09. The van der Waals surface area contributed by atoms with E-state index in [1.807, 2.05) is 35.9 Å². The molecule has 0 saturated carbocycles. The van der Waals surface area contributed by atoms with E-state index in [-0.39, 0.29) is 12.4 Å². The van der Waals surface area contributed by atoms with Gasteiger partial charge < -0.3 is 14.2 Å². The first kappa shape index (κ1) is 20.0. The number of fused-ring (bicyclic) bond motifs is 1. The van der Waals surface area contributed by atoms with Crippen molar-refractivity contribution in [3.8, 4) is 5.75 Å². The van der Waals surface area contributed by atoms with E-state index in [9.17, 15) is 0 Å². The molecular formula is C20H25ClN4OS. The van der Waals surface area contributed by atoms with Crippen LogP contribution in [0.5, 0.6) is 5.75 Å².